The minimum Gasteiger partial charge on any atom is -0.529 e. The summed E-state index contributed by atoms with van der Waals surface area (Å²) in [6, 6.07) is 0. The van der Waals surface area contributed by atoms with Crippen LogP contribution in [0.3, 0.4) is 0 Å². The number of allylic oxidation sites excluding steroid dienone is 1. The number of rotatable bonds is 9. The van der Waals surface area contributed by atoms with Crippen molar-refractivity contribution in [1.29, 1.82) is 0 Å². The third-order valence-electron chi connectivity index (χ3n) is 2.18. The van der Waals surface area contributed by atoms with Crippen LogP contribution in [-0.2, 0) is 9.16 Å². The number of hydrogen-bond acceptors (Lipinski definition) is 2. The Hall–Kier alpha value is -0.443. The van der Waals surface area contributed by atoms with Crippen LogP contribution in [0.5, 0.6) is 0 Å². The minimum atomic E-state index is 0.699. The molecule has 0 aliphatic carbocycles. The SMILES string of the molecule is CC=C(O[SiH3])OCCCCCCCC. The molecule has 0 saturated heterocycles. The first kappa shape index (κ1) is 13.6. The normalized spacial score (nSPS) is 11.7. The fraction of sp³-hybridized carbons (Fsp3) is 0.818. The predicted octanol–water partition coefficient (Wildman–Crippen LogP) is 2.52. The van der Waals surface area contributed by atoms with Gasteiger partial charge in [0.1, 0.15) is 0 Å². The topological polar surface area (TPSA) is 18.5 Å². The van der Waals surface area contributed by atoms with E-state index in [4.69, 9.17) is 9.16 Å². The van der Waals surface area contributed by atoms with E-state index < -0.39 is 0 Å². The van der Waals surface area contributed by atoms with Crippen LogP contribution < -0.4 is 0 Å². The molecule has 2 nitrogen and oxygen atoms in total. The number of ether oxygens (including phenoxy) is 1. The summed E-state index contributed by atoms with van der Waals surface area (Å²) in [5, 5.41) is 0. The molecule has 0 spiro atoms. The van der Waals surface area contributed by atoms with Crippen molar-refractivity contribution in [3.05, 3.63) is 12.0 Å². The van der Waals surface area contributed by atoms with Gasteiger partial charge >= 0.3 is 0 Å². The summed E-state index contributed by atoms with van der Waals surface area (Å²) in [6.45, 7) is 4.98. The van der Waals surface area contributed by atoms with Gasteiger partial charge in [0.25, 0.3) is 5.95 Å². The lowest BCUT2D eigenvalue weighted by Gasteiger charge is -2.08. The summed E-state index contributed by atoms with van der Waals surface area (Å²) >= 11 is 0. The van der Waals surface area contributed by atoms with Crippen LogP contribution in [0, 0.1) is 0 Å². The van der Waals surface area contributed by atoms with Crippen LogP contribution >= 0.6 is 0 Å². The maximum atomic E-state index is 5.42. The van der Waals surface area contributed by atoms with Crippen LogP contribution in [-0.4, -0.2) is 17.1 Å². The van der Waals surface area contributed by atoms with Crippen LogP contribution in [0.2, 0.25) is 0 Å². The first-order valence-electron chi connectivity index (χ1n) is 5.68. The van der Waals surface area contributed by atoms with Crippen molar-refractivity contribution in [3.63, 3.8) is 0 Å². The van der Waals surface area contributed by atoms with Gasteiger partial charge in [0.15, 0.2) is 0 Å². The molecule has 0 unspecified atom stereocenters. The monoisotopic (exact) mass is 216 g/mol. The van der Waals surface area contributed by atoms with Gasteiger partial charge < -0.3 is 9.16 Å². The molecule has 0 atom stereocenters. The molecular formula is C11H24O2Si. The zero-order valence-corrected chi connectivity index (χ0v) is 11.8. The van der Waals surface area contributed by atoms with Crippen molar-refractivity contribution < 1.29 is 9.16 Å². The van der Waals surface area contributed by atoms with Gasteiger partial charge in [-0.1, -0.05) is 39.0 Å². The van der Waals surface area contributed by atoms with Gasteiger partial charge in [-0.25, -0.2) is 0 Å². The summed E-state index contributed by atoms with van der Waals surface area (Å²) in [5.41, 5.74) is 0. The highest BCUT2D eigenvalue weighted by Crippen LogP contribution is 2.06. The van der Waals surface area contributed by atoms with Gasteiger partial charge in [0.05, 0.1) is 6.61 Å². The Kier molecular flexibility index (Phi) is 10.3. The van der Waals surface area contributed by atoms with Crippen molar-refractivity contribution >= 4 is 10.5 Å². The lowest BCUT2D eigenvalue weighted by Crippen LogP contribution is -1.97. The molecule has 3 heteroatoms. The zero-order valence-electron chi connectivity index (χ0n) is 9.84. The summed E-state index contributed by atoms with van der Waals surface area (Å²) in [5.74, 6) is 0.699. The van der Waals surface area contributed by atoms with Crippen LogP contribution in [0.1, 0.15) is 52.4 Å². The van der Waals surface area contributed by atoms with E-state index in [1.807, 2.05) is 13.0 Å². The van der Waals surface area contributed by atoms with Crippen molar-refractivity contribution in [1.82, 2.24) is 0 Å². The molecule has 0 aromatic rings. The van der Waals surface area contributed by atoms with Gasteiger partial charge in [-0.2, -0.15) is 0 Å². The average Bonchev–Trinajstić information content (AvgIpc) is 2.22. The van der Waals surface area contributed by atoms with E-state index >= 15 is 0 Å². The van der Waals surface area contributed by atoms with Gasteiger partial charge in [-0.15, -0.1) is 0 Å². The number of unbranched alkanes of at least 4 members (excludes halogenated alkanes) is 5. The van der Waals surface area contributed by atoms with E-state index in [0.717, 1.165) is 13.0 Å². The van der Waals surface area contributed by atoms with E-state index in [0.29, 0.717) is 16.4 Å². The molecule has 84 valence electrons. The molecule has 0 saturated carbocycles. The predicted molar refractivity (Wildman–Crippen MR) is 64.1 cm³/mol. The molecule has 0 N–H and O–H groups in total. The molecule has 0 aromatic heterocycles. The lowest BCUT2D eigenvalue weighted by molar-refractivity contribution is 0.108. The Bertz CT molecular complexity index is 146. The fourth-order valence-corrected chi connectivity index (χ4v) is 1.67. The van der Waals surface area contributed by atoms with Gasteiger partial charge in [0.2, 0.25) is 10.5 Å². The zero-order chi connectivity index (χ0) is 10.6. The third kappa shape index (κ3) is 8.17. The second-order valence-corrected chi connectivity index (χ2v) is 3.84. The Balaban J connectivity index is 3.13. The summed E-state index contributed by atoms with van der Waals surface area (Å²) in [4.78, 5) is 0. The molecule has 0 aliphatic rings. The van der Waals surface area contributed by atoms with Crippen LogP contribution in [0.15, 0.2) is 12.0 Å². The van der Waals surface area contributed by atoms with Crippen LogP contribution in [0.25, 0.3) is 0 Å². The summed E-state index contributed by atoms with van der Waals surface area (Å²) in [7, 11) is 0.709. The van der Waals surface area contributed by atoms with Crippen molar-refractivity contribution in [2.45, 2.75) is 52.4 Å². The smallest absolute Gasteiger partial charge is 0.260 e. The van der Waals surface area contributed by atoms with Gasteiger partial charge in [-0.05, 0) is 19.4 Å². The van der Waals surface area contributed by atoms with E-state index in [9.17, 15) is 0 Å². The van der Waals surface area contributed by atoms with E-state index in [2.05, 4.69) is 6.92 Å². The second-order valence-electron chi connectivity index (χ2n) is 3.43. The second kappa shape index (κ2) is 10.6. The molecule has 0 radical (unpaired) electrons. The average molecular weight is 216 g/mol. The highest BCUT2D eigenvalue weighted by molar-refractivity contribution is 5.98. The molecule has 0 bridgehead atoms. The molecule has 0 aromatic carbocycles. The van der Waals surface area contributed by atoms with E-state index in [1.165, 1.54) is 32.1 Å². The maximum Gasteiger partial charge on any atom is 0.260 e. The van der Waals surface area contributed by atoms with E-state index in [1.54, 1.807) is 0 Å². The lowest BCUT2D eigenvalue weighted by atomic mass is 10.1. The Labute approximate surface area is 91.2 Å². The fourth-order valence-electron chi connectivity index (χ4n) is 1.32. The quantitative estimate of drug-likeness (QED) is 0.335. The van der Waals surface area contributed by atoms with Crippen LogP contribution in [0.4, 0.5) is 0 Å². The minimum absolute atomic E-state index is 0.699. The Morgan fingerprint density at radius 2 is 1.79 bits per heavy atom. The molecule has 0 aliphatic heterocycles. The highest BCUT2D eigenvalue weighted by atomic mass is 28.2. The highest BCUT2D eigenvalue weighted by Gasteiger charge is 1.94. The first-order valence-corrected chi connectivity index (χ1v) is 6.49. The first-order chi connectivity index (χ1) is 6.85. The largest absolute Gasteiger partial charge is 0.529 e. The molecule has 0 rings (SSSR count). The molecular weight excluding hydrogens is 192 g/mol. The van der Waals surface area contributed by atoms with Crippen molar-refractivity contribution in [2.75, 3.05) is 6.61 Å². The standard InChI is InChI=1S/C11H24O2Si/c1-3-5-6-7-8-9-10-12-11(4-2)13-14/h4H,3,5-10H2,1-2,14H3. The molecule has 0 fully saturated rings. The summed E-state index contributed by atoms with van der Waals surface area (Å²) < 4.78 is 10.5. The maximum absolute atomic E-state index is 5.42. The van der Waals surface area contributed by atoms with Crippen molar-refractivity contribution in [3.8, 4) is 0 Å². The van der Waals surface area contributed by atoms with E-state index in [-0.39, 0.29) is 0 Å². The molecule has 0 amide bonds. The number of hydrogen-bond donors (Lipinski definition) is 0. The van der Waals surface area contributed by atoms with Crippen molar-refractivity contribution in [2.24, 2.45) is 0 Å². The van der Waals surface area contributed by atoms with Gasteiger partial charge in [0, 0.05) is 0 Å². The molecule has 14 heavy (non-hydrogen) atoms. The third-order valence-corrected chi connectivity index (χ3v) is 2.58. The summed E-state index contributed by atoms with van der Waals surface area (Å²) in [6.07, 6.45) is 9.68. The Morgan fingerprint density at radius 3 is 2.36 bits per heavy atom. The molecule has 0 heterocycles. The van der Waals surface area contributed by atoms with Gasteiger partial charge in [-0.3, -0.25) is 0 Å². The Morgan fingerprint density at radius 1 is 1.14 bits per heavy atom.